The van der Waals surface area contributed by atoms with Gasteiger partial charge >= 0.3 is 5.91 Å². The molecule has 2 aromatic rings. The van der Waals surface area contributed by atoms with Gasteiger partial charge in [0.2, 0.25) is 5.78 Å². The molecular weight excluding hydrogens is 574 g/mol. The molecule has 0 fully saturated rings. The summed E-state index contributed by atoms with van der Waals surface area (Å²) in [6.45, 7) is 22.4. The van der Waals surface area contributed by atoms with Crippen molar-refractivity contribution in [1.82, 2.24) is 5.01 Å². The van der Waals surface area contributed by atoms with Crippen LogP contribution in [-0.2, 0) is 35.3 Å². The number of halogens is 1. The van der Waals surface area contributed by atoms with Crippen LogP contribution in [0, 0.1) is 13.8 Å². The fourth-order valence-corrected chi connectivity index (χ4v) is 4.69. The van der Waals surface area contributed by atoms with Crippen LogP contribution in [0.1, 0.15) is 124 Å². The number of rotatable bonds is 10. The zero-order valence-corrected chi connectivity index (χ0v) is 29.0. The highest BCUT2D eigenvalue weighted by Crippen LogP contribution is 2.22. The maximum Gasteiger partial charge on any atom is 0.314 e. The van der Waals surface area contributed by atoms with Gasteiger partial charge in [-0.15, -0.1) is 0 Å². The van der Waals surface area contributed by atoms with E-state index < -0.39 is 22.7 Å². The molecular formula is C36H54ClN3O4. The Morgan fingerprint density at radius 3 is 1.23 bits per heavy atom. The number of hydrazone groups is 1. The lowest BCUT2D eigenvalue weighted by molar-refractivity contribution is -0.125. The Bertz CT molecular complexity index is 1300. The van der Waals surface area contributed by atoms with E-state index >= 15 is 0 Å². The summed E-state index contributed by atoms with van der Waals surface area (Å²) in [5.74, 6) is -1.66. The molecule has 44 heavy (non-hydrogen) atoms. The van der Waals surface area contributed by atoms with Crippen LogP contribution in [0.2, 0.25) is 0 Å². The van der Waals surface area contributed by atoms with Gasteiger partial charge in [-0.25, -0.2) is 5.01 Å². The van der Waals surface area contributed by atoms with Crippen LogP contribution in [0.25, 0.3) is 0 Å². The third-order valence-electron chi connectivity index (χ3n) is 6.36. The van der Waals surface area contributed by atoms with E-state index in [1.165, 1.54) is 7.05 Å². The number of nitrogens with zero attached hydrogens (tertiary/aromatic N) is 3. The van der Waals surface area contributed by atoms with Gasteiger partial charge in [-0.05, 0) is 108 Å². The van der Waals surface area contributed by atoms with Crippen LogP contribution < -0.4 is 0 Å². The number of carbonyl (C=O) groups excluding carboxylic acids is 4. The van der Waals surface area contributed by atoms with Crippen LogP contribution in [-0.4, -0.2) is 52.7 Å². The summed E-state index contributed by atoms with van der Waals surface area (Å²) >= 11 is 5.27. The number of aryl methyl sites for hydroxylation is 6. The van der Waals surface area contributed by atoms with E-state index in [4.69, 9.17) is 11.6 Å². The van der Waals surface area contributed by atoms with E-state index in [9.17, 15) is 19.2 Å². The summed E-state index contributed by atoms with van der Waals surface area (Å²) in [6, 6.07) is 7.83. The smallest absolute Gasteiger partial charge is 0.295 e. The Labute approximate surface area is 271 Å². The highest BCUT2D eigenvalue weighted by atomic mass is 35.5. The second-order valence-corrected chi connectivity index (χ2v) is 10.9. The largest absolute Gasteiger partial charge is 0.314 e. The average Bonchev–Trinajstić information content (AvgIpc) is 2.94. The number of likely N-dealkylation sites (N-methyl/N-ethyl adjacent to an activating group) is 1. The molecule has 0 atom stereocenters. The highest BCUT2D eigenvalue weighted by molar-refractivity contribution is 6.83. The summed E-state index contributed by atoms with van der Waals surface area (Å²) in [6.07, 6.45) is 2.89. The van der Waals surface area contributed by atoms with Crippen molar-refractivity contribution < 1.29 is 19.2 Å². The van der Waals surface area contributed by atoms with Gasteiger partial charge in [-0.2, -0.15) is 5.10 Å². The van der Waals surface area contributed by atoms with E-state index in [-0.39, 0.29) is 7.43 Å². The van der Waals surface area contributed by atoms with Crippen molar-refractivity contribution in [2.45, 2.75) is 109 Å². The zero-order chi connectivity index (χ0) is 33.4. The number of Topliss-reactive ketones (excluding diaryl/α,β-unsaturated/α-hetero) is 2. The molecule has 0 N–H and O–H groups in total. The Hall–Kier alpha value is -3.45. The van der Waals surface area contributed by atoms with Crippen molar-refractivity contribution in [3.8, 4) is 0 Å². The van der Waals surface area contributed by atoms with Gasteiger partial charge in [0.15, 0.2) is 0 Å². The Balaban J connectivity index is 0. The summed E-state index contributed by atoms with van der Waals surface area (Å²) < 4.78 is 0. The zero-order valence-electron chi connectivity index (χ0n) is 28.2. The van der Waals surface area contributed by atoms with E-state index in [1.54, 1.807) is 13.8 Å². The Morgan fingerprint density at radius 1 is 0.659 bits per heavy atom. The second-order valence-electron chi connectivity index (χ2n) is 10.6. The third-order valence-corrected chi connectivity index (χ3v) is 6.53. The summed E-state index contributed by atoms with van der Waals surface area (Å²) in [7, 11) is 1.51. The molecule has 0 heterocycles. The Morgan fingerprint density at radius 2 is 1.00 bits per heavy atom. The number of benzene rings is 2. The molecule has 1 amide bonds. The maximum atomic E-state index is 12.6. The first-order chi connectivity index (χ1) is 20.1. The number of carbonyl (C=O) groups is 4. The fourth-order valence-electron chi connectivity index (χ4n) is 4.60. The first-order valence-electron chi connectivity index (χ1n) is 14.9. The van der Waals surface area contributed by atoms with Gasteiger partial charge in [-0.1, -0.05) is 70.5 Å². The minimum Gasteiger partial charge on any atom is -0.295 e. The molecule has 0 aliphatic carbocycles. The molecule has 0 spiro atoms. The molecule has 0 saturated heterocycles. The molecule has 0 bridgehead atoms. The number of hydrogen-bond acceptors (Lipinski definition) is 6. The molecule has 7 nitrogen and oxygen atoms in total. The predicted molar refractivity (Wildman–Crippen MR) is 187 cm³/mol. The molecule has 0 unspecified atom stereocenters. The normalized spacial score (nSPS) is 9.66. The lowest BCUT2D eigenvalue weighted by Gasteiger charge is -2.16. The number of amides is 1. The van der Waals surface area contributed by atoms with Gasteiger partial charge in [0.25, 0.3) is 11.0 Å². The van der Waals surface area contributed by atoms with Crippen molar-refractivity contribution in [3.05, 3.63) is 68.8 Å². The summed E-state index contributed by atoms with van der Waals surface area (Å²) in [5, 5.41) is 4.24. The van der Waals surface area contributed by atoms with E-state index in [0.717, 1.165) is 82.0 Å². The third kappa shape index (κ3) is 13.5. The monoisotopic (exact) mass is 627 g/mol. The molecule has 0 aromatic heterocycles. The van der Waals surface area contributed by atoms with Crippen LogP contribution in [0.4, 0.5) is 0 Å². The lowest BCUT2D eigenvalue weighted by atomic mass is 9.92. The van der Waals surface area contributed by atoms with Crippen LogP contribution in [0.15, 0.2) is 34.4 Å². The fraction of sp³-hybridized carbons (Fsp3) is 0.500. The molecule has 8 heteroatoms. The minimum atomic E-state index is -0.909. The molecule has 0 aliphatic heterocycles. The molecule has 0 aliphatic rings. The predicted octanol–water partition coefficient (Wildman–Crippen LogP) is 8.35. The van der Waals surface area contributed by atoms with E-state index in [1.807, 2.05) is 86.6 Å². The number of hydrogen-bond donors (Lipinski definition) is 0. The van der Waals surface area contributed by atoms with E-state index in [2.05, 4.69) is 10.1 Å². The minimum absolute atomic E-state index is 0. The quantitative estimate of drug-likeness (QED) is 0.0869. The van der Waals surface area contributed by atoms with Crippen molar-refractivity contribution in [1.29, 1.82) is 0 Å². The van der Waals surface area contributed by atoms with Crippen molar-refractivity contribution >= 4 is 45.7 Å². The number of aliphatic imine (C=N–C) groups is 1. The maximum absolute atomic E-state index is 12.6. The van der Waals surface area contributed by atoms with Crippen molar-refractivity contribution in [3.63, 3.8) is 0 Å². The average molecular weight is 628 g/mol. The first kappa shape index (κ1) is 42.7. The lowest BCUT2D eigenvalue weighted by Crippen LogP contribution is -2.31. The standard InChI is InChI=1S/C17H24N2O2.C13H15ClO2.C5H11N.CH4/c1-7-13-9-12(5)10-14(8-2)15(13)16(20)17(21)19(6)18-11(3)4;1-4-9-6-8(3)7-10(5-2)11(9)12(15)13(14)16;1-4-6-5(2)3;/h9-10H,7-8H2,1-6H3;6-7H,4-5H2,1-3H3;4H2,1-3H3;1H4. The van der Waals surface area contributed by atoms with Gasteiger partial charge in [0.1, 0.15) is 0 Å². The molecule has 0 saturated carbocycles. The van der Waals surface area contributed by atoms with Crippen molar-refractivity contribution in [2.75, 3.05) is 13.6 Å². The van der Waals surface area contributed by atoms with Crippen LogP contribution in [0.5, 0.6) is 0 Å². The number of ketones is 2. The summed E-state index contributed by atoms with van der Waals surface area (Å²) in [5.41, 5.74) is 8.81. The molecule has 2 rings (SSSR count). The van der Waals surface area contributed by atoms with Gasteiger partial charge in [-0.3, -0.25) is 24.2 Å². The van der Waals surface area contributed by atoms with Gasteiger partial charge < -0.3 is 0 Å². The molecule has 2 aromatic carbocycles. The molecule has 244 valence electrons. The van der Waals surface area contributed by atoms with Crippen molar-refractivity contribution in [2.24, 2.45) is 10.1 Å². The van der Waals surface area contributed by atoms with E-state index in [0.29, 0.717) is 11.1 Å². The first-order valence-corrected chi connectivity index (χ1v) is 15.3. The van der Waals surface area contributed by atoms with Crippen LogP contribution >= 0.6 is 11.6 Å². The van der Waals surface area contributed by atoms with Crippen LogP contribution in [0.3, 0.4) is 0 Å². The summed E-state index contributed by atoms with van der Waals surface area (Å²) in [4.78, 5) is 51.6. The van der Waals surface area contributed by atoms with Gasteiger partial charge in [0, 0.05) is 36.1 Å². The second kappa shape index (κ2) is 21.3. The molecule has 0 radical (unpaired) electrons. The SMILES string of the molecule is C.CCN=C(C)C.CCc1cc(C)cc(CC)c1C(=O)C(=O)Cl.CCc1cc(C)cc(CC)c1C(=O)C(=O)N(C)N=C(C)C. The highest BCUT2D eigenvalue weighted by Gasteiger charge is 2.25. The topological polar surface area (TPSA) is 96.2 Å². The Kier molecular flexibility index (Phi) is 20.6. The van der Waals surface area contributed by atoms with Gasteiger partial charge in [0.05, 0.1) is 0 Å².